The van der Waals surface area contributed by atoms with Crippen molar-refractivity contribution in [2.75, 3.05) is 0 Å². The highest BCUT2D eigenvalue weighted by Crippen LogP contribution is 2.34. The number of aromatic amines is 1. The topological polar surface area (TPSA) is 59.4 Å². The van der Waals surface area contributed by atoms with E-state index in [-0.39, 0.29) is 0 Å². The smallest absolute Gasteiger partial charge is 0.222 e. The highest BCUT2D eigenvalue weighted by molar-refractivity contribution is 9.11. The van der Waals surface area contributed by atoms with E-state index in [1.54, 1.807) is 0 Å². The van der Waals surface area contributed by atoms with Crippen molar-refractivity contribution in [3.8, 4) is 17.2 Å². The number of hydrogen-bond acceptors (Lipinski definition) is 3. The third-order valence-corrected chi connectivity index (χ3v) is 3.67. The minimum Gasteiger partial charge on any atom is -0.300 e. The second kappa shape index (κ2) is 4.66. The molecule has 0 radical (unpaired) electrons. The van der Waals surface area contributed by atoms with E-state index in [9.17, 15) is 0 Å². The molecule has 7 heteroatoms. The van der Waals surface area contributed by atoms with Crippen LogP contribution in [-0.4, -0.2) is 25.2 Å². The molecule has 0 saturated heterocycles. The molecule has 0 spiro atoms. The highest BCUT2D eigenvalue weighted by Gasteiger charge is 2.18. The highest BCUT2D eigenvalue weighted by atomic mass is 79.9. The molecule has 90 valence electrons. The van der Waals surface area contributed by atoms with E-state index in [1.165, 1.54) is 0 Å². The van der Waals surface area contributed by atoms with Crippen molar-refractivity contribution in [2.45, 2.75) is 0 Å². The molecule has 0 unspecified atom stereocenters. The molecule has 3 aromatic rings. The van der Waals surface area contributed by atoms with Crippen LogP contribution in [0.5, 0.6) is 0 Å². The second-order valence-corrected chi connectivity index (χ2v) is 5.24. The summed E-state index contributed by atoms with van der Waals surface area (Å²) >= 11 is 7.05. The Morgan fingerprint density at radius 1 is 1.11 bits per heavy atom. The number of H-pyrrole nitrogens is 1. The van der Waals surface area contributed by atoms with Gasteiger partial charge >= 0.3 is 0 Å². The van der Waals surface area contributed by atoms with Crippen LogP contribution in [0.15, 0.2) is 45.5 Å². The number of benzene rings is 1. The van der Waals surface area contributed by atoms with Crippen molar-refractivity contribution in [3.63, 3.8) is 0 Å². The number of halogens is 2. The molecule has 2 heterocycles. The summed E-state index contributed by atoms with van der Waals surface area (Å²) in [6, 6.07) is 11.9. The van der Waals surface area contributed by atoms with E-state index in [1.807, 2.05) is 41.0 Å². The zero-order valence-corrected chi connectivity index (χ0v) is 12.2. The molecule has 0 aliphatic carbocycles. The molecule has 0 aliphatic heterocycles. The van der Waals surface area contributed by atoms with Crippen LogP contribution in [0.25, 0.3) is 17.2 Å². The lowest BCUT2D eigenvalue weighted by Gasteiger charge is -2.08. The van der Waals surface area contributed by atoms with Crippen LogP contribution in [0, 0.1) is 0 Å². The zero-order valence-electron chi connectivity index (χ0n) is 9.01. The molecule has 0 bridgehead atoms. The Hall–Kier alpha value is -1.47. The van der Waals surface area contributed by atoms with Crippen molar-refractivity contribution in [1.82, 2.24) is 25.2 Å². The fourth-order valence-electron chi connectivity index (χ4n) is 1.75. The monoisotopic (exact) mass is 367 g/mol. The molecule has 0 saturated carbocycles. The van der Waals surface area contributed by atoms with Crippen molar-refractivity contribution < 1.29 is 0 Å². The van der Waals surface area contributed by atoms with Gasteiger partial charge in [-0.3, -0.25) is 4.57 Å². The molecular formula is C11H7Br2N5. The van der Waals surface area contributed by atoms with Gasteiger partial charge in [-0.15, -0.1) is 10.2 Å². The maximum atomic E-state index is 4.03. The first kappa shape index (κ1) is 11.6. The summed E-state index contributed by atoms with van der Waals surface area (Å²) in [5, 5.41) is 14.1. The molecule has 5 nitrogen and oxygen atoms in total. The first-order valence-corrected chi connectivity index (χ1v) is 6.72. The third-order valence-electron chi connectivity index (χ3n) is 2.48. The lowest BCUT2D eigenvalue weighted by molar-refractivity contribution is 0.881. The predicted molar refractivity (Wildman–Crippen MR) is 74.3 cm³/mol. The minimum absolute atomic E-state index is 0.538. The molecule has 0 fully saturated rings. The Morgan fingerprint density at radius 3 is 2.56 bits per heavy atom. The van der Waals surface area contributed by atoms with Crippen LogP contribution in [-0.2, 0) is 0 Å². The summed E-state index contributed by atoms with van der Waals surface area (Å²) in [5.41, 5.74) is 1.87. The van der Waals surface area contributed by atoms with Gasteiger partial charge < -0.3 is 0 Å². The van der Waals surface area contributed by atoms with Gasteiger partial charge in [0.15, 0.2) is 0 Å². The molecule has 18 heavy (non-hydrogen) atoms. The van der Waals surface area contributed by atoms with Gasteiger partial charge in [-0.25, -0.2) is 0 Å². The fourth-order valence-corrected chi connectivity index (χ4v) is 3.24. The van der Waals surface area contributed by atoms with E-state index in [0.717, 1.165) is 20.5 Å². The standard InChI is InChI=1S/C11H7Br2N5/c12-8-6-9(13)18(7-4-2-1-3-5-7)10(8)11-14-16-17-15-11/h1-6H,(H,14,15,16,17). The van der Waals surface area contributed by atoms with Crippen molar-refractivity contribution in [3.05, 3.63) is 45.5 Å². The van der Waals surface area contributed by atoms with E-state index >= 15 is 0 Å². The number of aromatic nitrogens is 5. The average Bonchev–Trinajstić information content (AvgIpc) is 2.97. The largest absolute Gasteiger partial charge is 0.300 e. The first-order chi connectivity index (χ1) is 8.77. The number of nitrogens with one attached hydrogen (secondary N) is 1. The summed E-state index contributed by atoms with van der Waals surface area (Å²) in [5.74, 6) is 0.538. The summed E-state index contributed by atoms with van der Waals surface area (Å²) < 4.78 is 3.83. The summed E-state index contributed by atoms with van der Waals surface area (Å²) in [4.78, 5) is 0. The van der Waals surface area contributed by atoms with Crippen LogP contribution in [0.3, 0.4) is 0 Å². The average molecular weight is 369 g/mol. The minimum atomic E-state index is 0.538. The van der Waals surface area contributed by atoms with Crippen molar-refractivity contribution in [2.24, 2.45) is 0 Å². The van der Waals surface area contributed by atoms with Gasteiger partial charge in [0.05, 0.1) is 4.60 Å². The SMILES string of the molecule is Brc1cc(Br)n(-c2ccccc2)c1-c1nn[nH]n1. The predicted octanol–water partition coefficient (Wildman–Crippen LogP) is 3.18. The summed E-state index contributed by atoms with van der Waals surface area (Å²) in [6.45, 7) is 0. The Balaban J connectivity index is 2.27. The van der Waals surface area contributed by atoms with Gasteiger partial charge in [0.2, 0.25) is 5.82 Å². The molecule has 0 atom stereocenters. The molecule has 1 aromatic carbocycles. The third kappa shape index (κ3) is 1.89. The molecule has 0 amide bonds. The Morgan fingerprint density at radius 2 is 1.89 bits per heavy atom. The van der Waals surface area contributed by atoms with Crippen molar-refractivity contribution in [1.29, 1.82) is 0 Å². The molecular weight excluding hydrogens is 362 g/mol. The number of rotatable bonds is 2. The lowest BCUT2D eigenvalue weighted by atomic mass is 10.3. The van der Waals surface area contributed by atoms with Gasteiger partial charge in [0.25, 0.3) is 0 Å². The quantitative estimate of drug-likeness (QED) is 0.755. The molecule has 2 aromatic heterocycles. The van der Waals surface area contributed by atoms with Crippen LogP contribution < -0.4 is 0 Å². The fraction of sp³-hybridized carbons (Fsp3) is 0. The summed E-state index contributed by atoms with van der Waals surface area (Å²) in [7, 11) is 0. The number of nitrogens with zero attached hydrogens (tertiary/aromatic N) is 4. The van der Waals surface area contributed by atoms with Gasteiger partial charge in [-0.1, -0.05) is 18.2 Å². The second-order valence-electron chi connectivity index (χ2n) is 3.57. The number of tetrazole rings is 1. The maximum Gasteiger partial charge on any atom is 0.222 e. The van der Waals surface area contributed by atoms with E-state index in [0.29, 0.717) is 5.82 Å². The van der Waals surface area contributed by atoms with Crippen LogP contribution in [0.1, 0.15) is 0 Å². The van der Waals surface area contributed by atoms with Gasteiger partial charge in [0.1, 0.15) is 5.69 Å². The Bertz CT molecular complexity index is 660. The Labute approximate surface area is 119 Å². The van der Waals surface area contributed by atoms with E-state index in [2.05, 4.69) is 52.5 Å². The molecule has 0 aliphatic rings. The van der Waals surface area contributed by atoms with Gasteiger partial charge in [-0.2, -0.15) is 5.21 Å². The lowest BCUT2D eigenvalue weighted by Crippen LogP contribution is -1.98. The molecule has 3 rings (SSSR count). The Kier molecular flexibility index (Phi) is 3.00. The van der Waals surface area contributed by atoms with Crippen molar-refractivity contribution >= 4 is 31.9 Å². The van der Waals surface area contributed by atoms with E-state index < -0.39 is 0 Å². The number of para-hydroxylation sites is 1. The van der Waals surface area contributed by atoms with Crippen LogP contribution >= 0.6 is 31.9 Å². The normalized spacial score (nSPS) is 10.8. The van der Waals surface area contributed by atoms with Gasteiger partial charge in [0, 0.05) is 10.2 Å². The molecule has 1 N–H and O–H groups in total. The first-order valence-electron chi connectivity index (χ1n) is 5.13. The van der Waals surface area contributed by atoms with Gasteiger partial charge in [-0.05, 0) is 55.3 Å². The van der Waals surface area contributed by atoms with Crippen LogP contribution in [0.4, 0.5) is 0 Å². The van der Waals surface area contributed by atoms with Crippen LogP contribution in [0.2, 0.25) is 0 Å². The summed E-state index contributed by atoms with van der Waals surface area (Å²) in [6.07, 6.45) is 0. The number of hydrogen-bond donors (Lipinski definition) is 1. The zero-order chi connectivity index (χ0) is 12.5. The van der Waals surface area contributed by atoms with E-state index in [4.69, 9.17) is 0 Å². The maximum absolute atomic E-state index is 4.03.